The molecule has 1 saturated heterocycles. The average Bonchev–Trinajstić information content (AvgIpc) is 3.19. The monoisotopic (exact) mass is 317 g/mol. The number of hydrogen-bond acceptors (Lipinski definition) is 5. The number of thiophene rings is 2. The third-order valence-electron chi connectivity index (χ3n) is 4.01. The van der Waals surface area contributed by atoms with Crippen molar-refractivity contribution < 1.29 is 0 Å². The molecule has 4 heterocycles. The van der Waals surface area contributed by atoms with Crippen molar-refractivity contribution in [2.75, 3.05) is 6.54 Å². The van der Waals surface area contributed by atoms with Crippen molar-refractivity contribution in [1.29, 1.82) is 0 Å². The van der Waals surface area contributed by atoms with E-state index in [0.29, 0.717) is 12.6 Å². The molecule has 1 fully saturated rings. The number of rotatable bonds is 3. The van der Waals surface area contributed by atoms with Gasteiger partial charge in [0.2, 0.25) is 0 Å². The lowest BCUT2D eigenvalue weighted by Crippen LogP contribution is -2.25. The Bertz CT molecular complexity index is 806. The molecule has 0 radical (unpaired) electrons. The number of nitrogens with zero attached hydrogens (tertiary/aromatic N) is 2. The van der Waals surface area contributed by atoms with Gasteiger partial charge >= 0.3 is 0 Å². The van der Waals surface area contributed by atoms with E-state index in [1.54, 1.807) is 11.3 Å². The van der Waals surface area contributed by atoms with E-state index in [1.807, 2.05) is 11.4 Å². The van der Waals surface area contributed by atoms with Gasteiger partial charge in [0.25, 0.3) is 5.56 Å². The smallest absolute Gasteiger partial charge is 0.268 e. The Balaban J connectivity index is 1.63. The first-order valence-electron chi connectivity index (χ1n) is 7.04. The molecule has 1 aliphatic heterocycles. The van der Waals surface area contributed by atoms with Crippen LogP contribution in [0.1, 0.15) is 30.3 Å². The summed E-state index contributed by atoms with van der Waals surface area (Å²) in [5.74, 6) is 0.771. The van der Waals surface area contributed by atoms with Crippen molar-refractivity contribution >= 4 is 32.9 Å². The first kappa shape index (κ1) is 13.2. The molecule has 0 aliphatic carbocycles. The van der Waals surface area contributed by atoms with Gasteiger partial charge in [-0.3, -0.25) is 9.69 Å². The van der Waals surface area contributed by atoms with Crippen LogP contribution in [0.3, 0.4) is 0 Å². The van der Waals surface area contributed by atoms with E-state index in [2.05, 4.69) is 31.7 Å². The summed E-state index contributed by atoms with van der Waals surface area (Å²) >= 11 is 3.19. The van der Waals surface area contributed by atoms with E-state index in [1.165, 1.54) is 29.7 Å². The van der Waals surface area contributed by atoms with E-state index < -0.39 is 0 Å². The second kappa shape index (κ2) is 5.36. The molecule has 1 N–H and O–H groups in total. The minimum absolute atomic E-state index is 0.0173. The van der Waals surface area contributed by atoms with Gasteiger partial charge in [-0.15, -0.1) is 11.3 Å². The van der Waals surface area contributed by atoms with Crippen LogP contribution >= 0.6 is 22.7 Å². The maximum Gasteiger partial charge on any atom is 0.268 e. The fourth-order valence-electron chi connectivity index (χ4n) is 3.05. The van der Waals surface area contributed by atoms with Crippen LogP contribution in [0.4, 0.5) is 0 Å². The third-order valence-corrected chi connectivity index (χ3v) is 5.61. The molecule has 3 aromatic rings. The van der Waals surface area contributed by atoms with Crippen molar-refractivity contribution in [2.45, 2.75) is 25.4 Å². The first-order valence-corrected chi connectivity index (χ1v) is 8.86. The molecule has 0 unspecified atom stereocenters. The maximum atomic E-state index is 12.0. The van der Waals surface area contributed by atoms with Crippen LogP contribution in [-0.4, -0.2) is 21.4 Å². The van der Waals surface area contributed by atoms with Crippen molar-refractivity contribution in [3.63, 3.8) is 0 Å². The molecule has 6 heteroatoms. The van der Waals surface area contributed by atoms with E-state index >= 15 is 0 Å². The highest BCUT2D eigenvalue weighted by Crippen LogP contribution is 2.33. The average molecular weight is 317 g/mol. The lowest BCUT2D eigenvalue weighted by Gasteiger charge is -2.23. The van der Waals surface area contributed by atoms with Gasteiger partial charge in [-0.25, -0.2) is 4.98 Å². The van der Waals surface area contributed by atoms with Gasteiger partial charge in [-0.05, 0) is 53.2 Å². The summed E-state index contributed by atoms with van der Waals surface area (Å²) in [4.78, 5) is 22.0. The van der Waals surface area contributed by atoms with Crippen LogP contribution in [0.25, 0.3) is 10.2 Å². The number of aromatic nitrogens is 2. The zero-order valence-corrected chi connectivity index (χ0v) is 13.0. The van der Waals surface area contributed by atoms with Crippen LogP contribution in [0, 0.1) is 0 Å². The minimum atomic E-state index is -0.0173. The number of H-pyrrole nitrogens is 1. The summed E-state index contributed by atoms with van der Waals surface area (Å²) in [6, 6.07) is 4.57. The van der Waals surface area contributed by atoms with Gasteiger partial charge < -0.3 is 4.98 Å². The summed E-state index contributed by atoms with van der Waals surface area (Å²) in [7, 11) is 0. The Kier molecular flexibility index (Phi) is 3.37. The van der Waals surface area contributed by atoms with Crippen molar-refractivity contribution in [1.82, 2.24) is 14.9 Å². The van der Waals surface area contributed by atoms with Gasteiger partial charge in [0.1, 0.15) is 10.5 Å². The lowest BCUT2D eigenvalue weighted by atomic mass is 10.1. The zero-order valence-electron chi connectivity index (χ0n) is 11.4. The predicted octanol–water partition coefficient (Wildman–Crippen LogP) is 3.38. The van der Waals surface area contributed by atoms with E-state index in [4.69, 9.17) is 0 Å². The Morgan fingerprint density at radius 2 is 2.33 bits per heavy atom. The molecular formula is C15H15N3OS2. The van der Waals surface area contributed by atoms with Crippen molar-refractivity contribution in [3.8, 4) is 0 Å². The molecule has 1 atom stereocenters. The maximum absolute atomic E-state index is 12.0. The second-order valence-corrected chi connectivity index (χ2v) is 7.03. The predicted molar refractivity (Wildman–Crippen MR) is 86.9 cm³/mol. The highest BCUT2D eigenvalue weighted by atomic mass is 32.1. The van der Waals surface area contributed by atoms with Crippen LogP contribution in [0.15, 0.2) is 33.1 Å². The van der Waals surface area contributed by atoms with Gasteiger partial charge in [-0.2, -0.15) is 11.3 Å². The van der Waals surface area contributed by atoms with Crippen LogP contribution < -0.4 is 5.56 Å². The highest BCUT2D eigenvalue weighted by Gasteiger charge is 2.26. The Hall–Kier alpha value is -1.50. The van der Waals surface area contributed by atoms with Crippen LogP contribution in [0.5, 0.6) is 0 Å². The Morgan fingerprint density at radius 1 is 1.38 bits per heavy atom. The van der Waals surface area contributed by atoms with E-state index in [-0.39, 0.29) is 5.56 Å². The molecule has 4 rings (SSSR count). The van der Waals surface area contributed by atoms with Crippen LogP contribution in [0.2, 0.25) is 0 Å². The molecule has 0 amide bonds. The summed E-state index contributed by atoms with van der Waals surface area (Å²) in [5, 5.41) is 6.27. The summed E-state index contributed by atoms with van der Waals surface area (Å²) in [6.07, 6.45) is 2.38. The molecule has 1 aliphatic rings. The quantitative estimate of drug-likeness (QED) is 0.805. The minimum Gasteiger partial charge on any atom is -0.308 e. The highest BCUT2D eigenvalue weighted by molar-refractivity contribution is 7.17. The van der Waals surface area contributed by atoms with Gasteiger partial charge in [0, 0.05) is 6.04 Å². The molecule has 0 spiro atoms. The largest absolute Gasteiger partial charge is 0.308 e. The second-order valence-electron chi connectivity index (χ2n) is 5.33. The molecule has 0 aromatic carbocycles. The molecule has 0 bridgehead atoms. The number of fused-ring (bicyclic) bond motifs is 1. The molecule has 0 saturated carbocycles. The van der Waals surface area contributed by atoms with Gasteiger partial charge in [0.15, 0.2) is 0 Å². The van der Waals surface area contributed by atoms with Crippen molar-refractivity contribution in [3.05, 3.63) is 50.0 Å². The fraction of sp³-hybridized carbons (Fsp3) is 0.333. The Morgan fingerprint density at radius 3 is 3.19 bits per heavy atom. The zero-order chi connectivity index (χ0) is 14.2. The number of aromatic amines is 1. The SMILES string of the molecule is O=c1[nH]c(CN2CCC[C@@H]2c2ccsc2)nc2ccsc12. The van der Waals surface area contributed by atoms with Gasteiger partial charge in [0.05, 0.1) is 12.1 Å². The number of hydrogen-bond donors (Lipinski definition) is 1. The van der Waals surface area contributed by atoms with Gasteiger partial charge in [-0.1, -0.05) is 0 Å². The fourth-order valence-corrected chi connectivity index (χ4v) is 4.48. The van der Waals surface area contributed by atoms with E-state index in [9.17, 15) is 4.79 Å². The van der Waals surface area contributed by atoms with Crippen molar-refractivity contribution in [2.24, 2.45) is 0 Å². The number of likely N-dealkylation sites (tertiary alicyclic amines) is 1. The van der Waals surface area contributed by atoms with E-state index in [0.717, 1.165) is 22.6 Å². The standard InChI is InChI=1S/C15H15N3OS2/c19-15-14-11(4-7-21-14)16-13(17-15)8-18-5-1-2-12(18)10-3-6-20-9-10/h3-4,6-7,9,12H,1-2,5,8H2,(H,16,17,19)/t12-/m1/s1. The molecule has 21 heavy (non-hydrogen) atoms. The molecule has 108 valence electrons. The number of nitrogens with one attached hydrogen (secondary N) is 1. The molecular weight excluding hydrogens is 302 g/mol. The molecule has 3 aromatic heterocycles. The Labute approximate surface area is 130 Å². The normalized spacial score (nSPS) is 19.5. The topological polar surface area (TPSA) is 49.0 Å². The molecule has 4 nitrogen and oxygen atoms in total. The summed E-state index contributed by atoms with van der Waals surface area (Å²) in [6.45, 7) is 1.77. The summed E-state index contributed by atoms with van der Waals surface area (Å²) < 4.78 is 0.717. The lowest BCUT2D eigenvalue weighted by molar-refractivity contribution is 0.243. The third kappa shape index (κ3) is 2.43. The summed E-state index contributed by atoms with van der Waals surface area (Å²) in [5.41, 5.74) is 2.18. The first-order chi connectivity index (χ1) is 10.3. The van der Waals surface area contributed by atoms with Crippen LogP contribution in [-0.2, 0) is 6.54 Å².